The quantitative estimate of drug-likeness (QED) is 0.837. The predicted molar refractivity (Wildman–Crippen MR) is 89.4 cm³/mol. The van der Waals surface area contributed by atoms with Gasteiger partial charge in [0.05, 0.1) is 17.1 Å². The van der Waals surface area contributed by atoms with E-state index in [-0.39, 0.29) is 5.91 Å². The molecule has 0 saturated carbocycles. The molecule has 21 heavy (non-hydrogen) atoms. The molecule has 0 atom stereocenters. The molecule has 1 amide bonds. The van der Waals surface area contributed by atoms with E-state index in [0.29, 0.717) is 5.75 Å². The summed E-state index contributed by atoms with van der Waals surface area (Å²) >= 11 is 1.48. The number of benzene rings is 2. The third-order valence-electron chi connectivity index (χ3n) is 3.32. The van der Waals surface area contributed by atoms with Crippen molar-refractivity contribution in [3.8, 4) is 0 Å². The number of thioether (sulfide) groups is 1. The molecule has 1 heterocycles. The molecule has 1 aliphatic rings. The van der Waals surface area contributed by atoms with Crippen molar-refractivity contribution in [2.75, 3.05) is 10.7 Å². The standard InChI is InChI=1S/C17H16N2OS/c1-12-3-7-14(8-4-12)18-17-19(16(20)11-21-17)15-9-5-13(2)6-10-15/h3-10H,11H2,1-2H3. The largest absolute Gasteiger partial charge is 0.273 e. The van der Waals surface area contributed by atoms with Gasteiger partial charge in [0.25, 0.3) is 0 Å². The lowest BCUT2D eigenvalue weighted by molar-refractivity contribution is -0.115. The highest BCUT2D eigenvalue weighted by atomic mass is 32.2. The molecule has 0 bridgehead atoms. The van der Waals surface area contributed by atoms with Crippen molar-refractivity contribution in [2.45, 2.75) is 13.8 Å². The van der Waals surface area contributed by atoms with Crippen molar-refractivity contribution in [3.05, 3.63) is 59.7 Å². The van der Waals surface area contributed by atoms with Crippen molar-refractivity contribution in [1.29, 1.82) is 0 Å². The summed E-state index contributed by atoms with van der Waals surface area (Å²) < 4.78 is 0. The number of hydrogen-bond acceptors (Lipinski definition) is 3. The second-order valence-corrected chi connectivity index (χ2v) is 6.03. The van der Waals surface area contributed by atoms with Crippen molar-refractivity contribution in [2.24, 2.45) is 4.99 Å². The second-order valence-electron chi connectivity index (χ2n) is 5.08. The van der Waals surface area contributed by atoms with E-state index in [0.717, 1.165) is 16.5 Å². The summed E-state index contributed by atoms with van der Waals surface area (Å²) in [5.41, 5.74) is 4.12. The van der Waals surface area contributed by atoms with Crippen LogP contribution in [0, 0.1) is 13.8 Å². The molecule has 4 heteroatoms. The number of hydrogen-bond donors (Lipinski definition) is 0. The number of aliphatic imine (C=N–C) groups is 1. The average Bonchev–Trinajstić information content (AvgIpc) is 2.83. The molecule has 1 aliphatic heterocycles. The predicted octanol–water partition coefficient (Wildman–Crippen LogP) is 4.07. The molecule has 106 valence electrons. The summed E-state index contributed by atoms with van der Waals surface area (Å²) in [4.78, 5) is 18.5. The molecule has 3 nitrogen and oxygen atoms in total. The number of carbonyl (C=O) groups excluding carboxylic acids is 1. The van der Waals surface area contributed by atoms with E-state index in [9.17, 15) is 4.79 Å². The highest BCUT2D eigenvalue weighted by Crippen LogP contribution is 2.29. The molecule has 0 aliphatic carbocycles. The van der Waals surface area contributed by atoms with Gasteiger partial charge >= 0.3 is 0 Å². The van der Waals surface area contributed by atoms with Crippen LogP contribution >= 0.6 is 11.8 Å². The lowest BCUT2D eigenvalue weighted by atomic mass is 10.2. The number of amidine groups is 1. The Balaban J connectivity index is 1.95. The molecule has 1 fully saturated rings. The first-order chi connectivity index (χ1) is 10.1. The Bertz CT molecular complexity index is 690. The molecule has 0 spiro atoms. The first-order valence-electron chi connectivity index (χ1n) is 6.81. The topological polar surface area (TPSA) is 32.7 Å². The Labute approximate surface area is 128 Å². The van der Waals surface area contributed by atoms with Gasteiger partial charge in [-0.1, -0.05) is 47.2 Å². The minimum absolute atomic E-state index is 0.0784. The highest BCUT2D eigenvalue weighted by Gasteiger charge is 2.29. The second kappa shape index (κ2) is 5.74. The van der Waals surface area contributed by atoms with Crippen molar-refractivity contribution in [1.82, 2.24) is 0 Å². The molecule has 3 rings (SSSR count). The molecule has 0 aromatic heterocycles. The van der Waals surface area contributed by atoms with Crippen LogP contribution < -0.4 is 4.90 Å². The number of nitrogens with zero attached hydrogens (tertiary/aromatic N) is 2. The maximum Gasteiger partial charge on any atom is 0.243 e. The minimum Gasteiger partial charge on any atom is -0.273 e. The third kappa shape index (κ3) is 3.00. The number of carbonyl (C=O) groups is 1. The molecule has 2 aromatic rings. The third-order valence-corrected chi connectivity index (χ3v) is 4.24. The zero-order valence-corrected chi connectivity index (χ0v) is 12.9. The van der Waals surface area contributed by atoms with Gasteiger partial charge in [0.2, 0.25) is 5.91 Å². The zero-order chi connectivity index (χ0) is 14.8. The molecule has 1 saturated heterocycles. The smallest absolute Gasteiger partial charge is 0.243 e. The number of aryl methyl sites for hydroxylation is 2. The zero-order valence-electron chi connectivity index (χ0n) is 12.0. The Hall–Kier alpha value is -2.07. The lowest BCUT2D eigenvalue weighted by Gasteiger charge is -2.16. The molecule has 0 radical (unpaired) electrons. The van der Waals surface area contributed by atoms with E-state index in [1.165, 1.54) is 22.9 Å². The molecular formula is C17H16N2OS. The Kier molecular flexibility index (Phi) is 3.80. The van der Waals surface area contributed by atoms with Crippen molar-refractivity contribution >= 4 is 34.2 Å². The van der Waals surface area contributed by atoms with Crippen LogP contribution in [-0.2, 0) is 4.79 Å². The van der Waals surface area contributed by atoms with Gasteiger partial charge < -0.3 is 0 Å². The summed E-state index contributed by atoms with van der Waals surface area (Å²) in [7, 11) is 0. The van der Waals surface area contributed by atoms with Crippen LogP contribution in [-0.4, -0.2) is 16.8 Å². The fourth-order valence-electron chi connectivity index (χ4n) is 2.12. The molecular weight excluding hydrogens is 280 g/mol. The van der Waals surface area contributed by atoms with E-state index in [1.54, 1.807) is 4.90 Å². The van der Waals surface area contributed by atoms with Crippen LogP contribution in [0.4, 0.5) is 11.4 Å². The molecule has 0 unspecified atom stereocenters. The van der Waals surface area contributed by atoms with E-state index in [2.05, 4.69) is 4.99 Å². The summed E-state index contributed by atoms with van der Waals surface area (Å²) in [6, 6.07) is 15.9. The normalized spacial score (nSPS) is 16.8. The summed E-state index contributed by atoms with van der Waals surface area (Å²) in [5.74, 6) is 0.521. The summed E-state index contributed by atoms with van der Waals surface area (Å²) in [6.07, 6.45) is 0. The number of amides is 1. The van der Waals surface area contributed by atoms with Crippen LogP contribution in [0.25, 0.3) is 0 Å². The Morgan fingerprint density at radius 3 is 2.14 bits per heavy atom. The van der Waals surface area contributed by atoms with Gasteiger partial charge in [-0.25, -0.2) is 4.99 Å². The van der Waals surface area contributed by atoms with Crippen LogP contribution in [0.5, 0.6) is 0 Å². The minimum atomic E-state index is 0.0784. The van der Waals surface area contributed by atoms with Gasteiger partial charge in [-0.05, 0) is 38.1 Å². The van der Waals surface area contributed by atoms with Crippen LogP contribution in [0.3, 0.4) is 0 Å². The fraction of sp³-hybridized carbons (Fsp3) is 0.176. The van der Waals surface area contributed by atoms with Gasteiger partial charge in [-0.2, -0.15) is 0 Å². The first-order valence-corrected chi connectivity index (χ1v) is 7.80. The van der Waals surface area contributed by atoms with Gasteiger partial charge in [-0.3, -0.25) is 9.69 Å². The van der Waals surface area contributed by atoms with Gasteiger partial charge in [0, 0.05) is 0 Å². The number of anilines is 1. The molecule has 2 aromatic carbocycles. The van der Waals surface area contributed by atoms with E-state index in [4.69, 9.17) is 0 Å². The van der Waals surface area contributed by atoms with Crippen molar-refractivity contribution in [3.63, 3.8) is 0 Å². The Morgan fingerprint density at radius 2 is 1.52 bits per heavy atom. The Morgan fingerprint density at radius 1 is 0.952 bits per heavy atom. The monoisotopic (exact) mass is 296 g/mol. The number of rotatable bonds is 2. The van der Waals surface area contributed by atoms with E-state index >= 15 is 0 Å². The lowest BCUT2D eigenvalue weighted by Crippen LogP contribution is -2.29. The molecule has 0 N–H and O–H groups in total. The van der Waals surface area contributed by atoms with Crippen molar-refractivity contribution < 1.29 is 4.79 Å². The summed E-state index contributed by atoms with van der Waals surface area (Å²) in [6.45, 7) is 4.08. The maximum atomic E-state index is 12.1. The fourth-order valence-corrected chi connectivity index (χ4v) is 3.01. The summed E-state index contributed by atoms with van der Waals surface area (Å²) in [5, 5.41) is 0.743. The van der Waals surface area contributed by atoms with Gasteiger partial charge in [0.15, 0.2) is 5.17 Å². The highest BCUT2D eigenvalue weighted by molar-refractivity contribution is 8.15. The van der Waals surface area contributed by atoms with E-state index in [1.807, 2.05) is 62.4 Å². The average molecular weight is 296 g/mol. The first kappa shape index (κ1) is 13.9. The van der Waals surface area contributed by atoms with Crippen LogP contribution in [0.2, 0.25) is 0 Å². The van der Waals surface area contributed by atoms with Crippen LogP contribution in [0.15, 0.2) is 53.5 Å². The maximum absolute atomic E-state index is 12.1. The van der Waals surface area contributed by atoms with Gasteiger partial charge in [-0.15, -0.1) is 0 Å². The van der Waals surface area contributed by atoms with E-state index < -0.39 is 0 Å². The SMILES string of the molecule is Cc1ccc(N=C2SCC(=O)N2c2ccc(C)cc2)cc1. The van der Waals surface area contributed by atoms with Crippen LogP contribution in [0.1, 0.15) is 11.1 Å². The van der Waals surface area contributed by atoms with Gasteiger partial charge in [0.1, 0.15) is 0 Å².